The van der Waals surface area contributed by atoms with Crippen molar-refractivity contribution >= 4 is 50.1 Å². The zero-order chi connectivity index (χ0) is 22.6. The van der Waals surface area contributed by atoms with Crippen LogP contribution in [0.25, 0.3) is 0 Å². The molecule has 168 valence electrons. The summed E-state index contributed by atoms with van der Waals surface area (Å²) in [5.41, 5.74) is 0.902. The second-order valence-electron chi connectivity index (χ2n) is 7.26. The molecule has 0 bridgehead atoms. The van der Waals surface area contributed by atoms with Crippen LogP contribution in [-0.4, -0.2) is 60.7 Å². The number of carbonyl (C=O) groups is 2. The molecular weight excluding hydrogens is 460 g/mol. The predicted molar refractivity (Wildman–Crippen MR) is 119 cm³/mol. The zero-order valence-electron chi connectivity index (χ0n) is 17.5. The Kier molecular flexibility index (Phi) is 7.68. The van der Waals surface area contributed by atoms with Crippen LogP contribution in [0.15, 0.2) is 27.4 Å². The van der Waals surface area contributed by atoms with Gasteiger partial charge in [-0.1, -0.05) is 36.1 Å². The van der Waals surface area contributed by atoms with Gasteiger partial charge in [-0.15, -0.1) is 10.2 Å². The molecule has 1 aliphatic rings. The van der Waals surface area contributed by atoms with Crippen molar-refractivity contribution in [2.75, 3.05) is 31.3 Å². The smallest absolute Gasteiger partial charge is 0.316 e. The van der Waals surface area contributed by atoms with Crippen LogP contribution in [0.1, 0.15) is 35.7 Å². The van der Waals surface area contributed by atoms with Gasteiger partial charge in [-0.05, 0) is 43.4 Å². The van der Waals surface area contributed by atoms with Crippen LogP contribution in [-0.2, 0) is 19.6 Å². The van der Waals surface area contributed by atoms with Gasteiger partial charge >= 0.3 is 5.97 Å². The van der Waals surface area contributed by atoms with Crippen LogP contribution in [0, 0.1) is 12.8 Å². The number of hydrogen-bond acceptors (Lipinski definition) is 9. The summed E-state index contributed by atoms with van der Waals surface area (Å²) in [6.07, 6.45) is 1.65. The van der Waals surface area contributed by atoms with Crippen molar-refractivity contribution in [3.05, 3.63) is 29.3 Å². The van der Waals surface area contributed by atoms with Gasteiger partial charge in [-0.3, -0.25) is 14.9 Å². The van der Waals surface area contributed by atoms with Crippen LogP contribution in [0.2, 0.25) is 0 Å². The van der Waals surface area contributed by atoms with E-state index < -0.39 is 15.9 Å². The van der Waals surface area contributed by atoms with E-state index in [4.69, 9.17) is 0 Å². The Hall–Kier alpha value is -2.02. The van der Waals surface area contributed by atoms with Crippen LogP contribution >= 0.6 is 23.1 Å². The first-order valence-electron chi connectivity index (χ1n) is 9.66. The van der Waals surface area contributed by atoms with Crippen LogP contribution in [0.3, 0.4) is 0 Å². The molecule has 9 nitrogen and oxygen atoms in total. The average Bonchev–Trinajstić information content (AvgIpc) is 3.19. The summed E-state index contributed by atoms with van der Waals surface area (Å²) in [4.78, 5) is 24.1. The van der Waals surface area contributed by atoms with Crippen molar-refractivity contribution < 1.29 is 22.7 Å². The number of nitrogens with one attached hydrogen (secondary N) is 1. The fourth-order valence-corrected chi connectivity index (χ4v) is 6.12. The number of esters is 1. The molecule has 2 heterocycles. The molecule has 2 aromatic rings. The van der Waals surface area contributed by atoms with E-state index in [0.717, 1.165) is 35.9 Å². The Morgan fingerprint density at radius 1 is 1.29 bits per heavy atom. The number of amides is 1. The minimum absolute atomic E-state index is 0.0906. The van der Waals surface area contributed by atoms with Gasteiger partial charge in [0.25, 0.3) is 5.91 Å². The molecule has 0 aliphatic carbocycles. The zero-order valence-corrected chi connectivity index (χ0v) is 19.9. The molecule has 1 saturated heterocycles. The fraction of sp³-hybridized carbons (Fsp3) is 0.474. The lowest BCUT2D eigenvalue weighted by atomic mass is 10.0. The van der Waals surface area contributed by atoms with Crippen molar-refractivity contribution in [2.24, 2.45) is 5.92 Å². The topological polar surface area (TPSA) is 119 Å². The van der Waals surface area contributed by atoms with Gasteiger partial charge < -0.3 is 4.74 Å². The Bertz CT molecular complexity index is 1060. The van der Waals surface area contributed by atoms with E-state index >= 15 is 0 Å². The fourth-order valence-electron chi connectivity index (χ4n) is 3.04. The number of benzene rings is 1. The van der Waals surface area contributed by atoms with Crippen molar-refractivity contribution in [1.29, 1.82) is 0 Å². The SMILES string of the molecule is COC(=O)CSc1nnc(NC(=O)c2cc(S(=O)(=O)N3CCC(C)CC3)ccc2C)s1. The molecule has 12 heteroatoms. The number of carbonyl (C=O) groups excluding carboxylic acids is 2. The van der Waals surface area contributed by atoms with Crippen molar-refractivity contribution in [1.82, 2.24) is 14.5 Å². The highest BCUT2D eigenvalue weighted by atomic mass is 32.2. The molecule has 31 heavy (non-hydrogen) atoms. The molecule has 0 radical (unpaired) electrons. The highest BCUT2D eigenvalue weighted by Gasteiger charge is 2.29. The summed E-state index contributed by atoms with van der Waals surface area (Å²) < 4.78 is 32.6. The number of rotatable bonds is 7. The molecular formula is C19H24N4O5S3. The predicted octanol–water partition coefficient (Wildman–Crippen LogP) is 2.78. The van der Waals surface area contributed by atoms with E-state index in [2.05, 4.69) is 27.2 Å². The second-order valence-corrected chi connectivity index (χ2v) is 11.4. The molecule has 0 spiro atoms. The summed E-state index contributed by atoms with van der Waals surface area (Å²) in [5.74, 6) is -0.258. The van der Waals surface area contributed by atoms with E-state index in [1.807, 2.05) is 0 Å². The number of methoxy groups -OCH3 is 1. The molecule has 1 aromatic heterocycles. The van der Waals surface area contributed by atoms with Crippen molar-refractivity contribution in [2.45, 2.75) is 35.9 Å². The van der Waals surface area contributed by atoms with Gasteiger partial charge in [-0.2, -0.15) is 4.31 Å². The summed E-state index contributed by atoms with van der Waals surface area (Å²) in [7, 11) is -2.36. The van der Waals surface area contributed by atoms with Crippen molar-refractivity contribution in [3.63, 3.8) is 0 Å². The van der Waals surface area contributed by atoms with Crippen LogP contribution in [0.5, 0.6) is 0 Å². The molecule has 0 unspecified atom stereocenters. The Labute approximate surface area is 189 Å². The molecule has 1 aliphatic heterocycles. The number of anilines is 1. The molecule has 1 fully saturated rings. The lowest BCUT2D eigenvalue weighted by molar-refractivity contribution is -0.137. The van der Waals surface area contributed by atoms with Gasteiger partial charge in [0, 0.05) is 18.7 Å². The first kappa shape index (κ1) is 23.6. The molecule has 1 aromatic carbocycles. The van der Waals surface area contributed by atoms with Crippen LogP contribution in [0.4, 0.5) is 5.13 Å². The Morgan fingerprint density at radius 3 is 2.68 bits per heavy atom. The monoisotopic (exact) mass is 484 g/mol. The molecule has 0 atom stereocenters. The van der Waals surface area contributed by atoms with E-state index in [1.54, 1.807) is 13.0 Å². The van der Waals surface area contributed by atoms with Gasteiger partial charge in [0.05, 0.1) is 17.8 Å². The number of nitrogens with zero attached hydrogens (tertiary/aromatic N) is 3. The summed E-state index contributed by atoms with van der Waals surface area (Å²) >= 11 is 2.28. The molecule has 0 saturated carbocycles. The first-order chi connectivity index (χ1) is 14.7. The standard InChI is InChI=1S/C19H24N4O5S3/c1-12-6-8-23(9-7-12)31(26,27)14-5-4-13(2)15(10-14)17(25)20-18-21-22-19(30-18)29-11-16(24)28-3/h4-5,10,12H,6-9,11H2,1-3H3,(H,20,21,25). The largest absolute Gasteiger partial charge is 0.468 e. The first-order valence-corrected chi connectivity index (χ1v) is 12.9. The number of hydrogen-bond donors (Lipinski definition) is 1. The van der Waals surface area contributed by atoms with Gasteiger partial charge in [0.1, 0.15) is 0 Å². The summed E-state index contributed by atoms with van der Waals surface area (Å²) in [5, 5.41) is 10.7. The minimum atomic E-state index is -3.66. The number of aromatic nitrogens is 2. The van der Waals surface area contributed by atoms with Gasteiger partial charge in [0.15, 0.2) is 4.34 Å². The molecule has 1 amide bonds. The number of piperidine rings is 1. The lowest BCUT2D eigenvalue weighted by Gasteiger charge is -2.29. The number of ether oxygens (including phenoxy) is 1. The van der Waals surface area contributed by atoms with Crippen LogP contribution < -0.4 is 5.32 Å². The van der Waals surface area contributed by atoms with E-state index in [1.165, 1.54) is 23.5 Å². The summed E-state index contributed by atoms with van der Waals surface area (Å²) in [6, 6.07) is 4.57. The third kappa shape index (κ3) is 5.82. The van der Waals surface area contributed by atoms with Gasteiger partial charge in [0.2, 0.25) is 15.2 Å². The minimum Gasteiger partial charge on any atom is -0.468 e. The maximum atomic E-state index is 13.0. The van der Waals surface area contributed by atoms with E-state index in [9.17, 15) is 18.0 Å². The van der Waals surface area contributed by atoms with Gasteiger partial charge in [-0.25, -0.2) is 8.42 Å². The summed E-state index contributed by atoms with van der Waals surface area (Å²) in [6.45, 7) is 4.82. The second kappa shape index (κ2) is 10.1. The lowest BCUT2D eigenvalue weighted by Crippen LogP contribution is -2.38. The molecule has 3 rings (SSSR count). The number of sulfonamides is 1. The highest BCUT2D eigenvalue weighted by molar-refractivity contribution is 8.01. The quantitative estimate of drug-likeness (QED) is 0.362. The third-order valence-corrected chi connectivity index (χ3v) is 8.84. The van der Waals surface area contributed by atoms with E-state index in [-0.39, 0.29) is 27.3 Å². The average molecular weight is 485 g/mol. The maximum Gasteiger partial charge on any atom is 0.316 e. The van der Waals surface area contributed by atoms with Crippen molar-refractivity contribution in [3.8, 4) is 0 Å². The highest BCUT2D eigenvalue weighted by Crippen LogP contribution is 2.27. The maximum absolute atomic E-state index is 13.0. The number of thioether (sulfide) groups is 1. The Morgan fingerprint density at radius 2 is 2.00 bits per heavy atom. The third-order valence-electron chi connectivity index (χ3n) is 5.00. The Balaban J connectivity index is 1.73. The van der Waals surface area contributed by atoms with E-state index in [0.29, 0.717) is 28.9 Å². The molecule has 1 N–H and O–H groups in total. The number of aryl methyl sites for hydroxylation is 1. The normalized spacial score (nSPS) is 15.6.